The first-order chi connectivity index (χ1) is 8.57. The van der Waals surface area contributed by atoms with Crippen LogP contribution in [0.1, 0.15) is 30.4 Å². The smallest absolute Gasteiger partial charge is 0.323 e. The third kappa shape index (κ3) is 2.33. The van der Waals surface area contributed by atoms with E-state index in [1.807, 2.05) is 6.07 Å². The molecule has 1 aromatic rings. The summed E-state index contributed by atoms with van der Waals surface area (Å²) in [4.78, 5) is 11.2. The highest BCUT2D eigenvalue weighted by atomic mass is 35.5. The molecule has 1 aliphatic rings. The van der Waals surface area contributed by atoms with Gasteiger partial charge in [-0.2, -0.15) is 5.26 Å². The minimum Gasteiger partial charge on any atom is -0.480 e. The zero-order valence-corrected chi connectivity index (χ0v) is 10.5. The van der Waals surface area contributed by atoms with Crippen molar-refractivity contribution in [2.24, 2.45) is 0 Å². The van der Waals surface area contributed by atoms with E-state index in [9.17, 15) is 9.90 Å². The number of nitriles is 1. The zero-order valence-electron chi connectivity index (χ0n) is 9.74. The van der Waals surface area contributed by atoms with Gasteiger partial charge in [-0.3, -0.25) is 10.1 Å². The number of halogens is 1. The normalized spacial score (nSPS) is 16.7. The Kier molecular flexibility index (Phi) is 3.55. The lowest BCUT2D eigenvalue weighted by atomic mass is 9.76. The molecule has 18 heavy (non-hydrogen) atoms. The van der Waals surface area contributed by atoms with Crippen molar-refractivity contribution in [1.82, 2.24) is 5.32 Å². The SMILES string of the molecule is N#Cc1ccc(CNC2(C(=O)O)CCC2)c(Cl)c1. The molecule has 0 spiro atoms. The number of benzene rings is 1. The number of carboxylic acid groups (broad SMARTS) is 1. The highest BCUT2D eigenvalue weighted by Gasteiger charge is 2.43. The quantitative estimate of drug-likeness (QED) is 0.875. The molecule has 0 aliphatic heterocycles. The van der Waals surface area contributed by atoms with Gasteiger partial charge in [-0.1, -0.05) is 17.7 Å². The van der Waals surface area contributed by atoms with Crippen molar-refractivity contribution in [3.8, 4) is 6.07 Å². The van der Waals surface area contributed by atoms with E-state index in [1.165, 1.54) is 0 Å². The summed E-state index contributed by atoms with van der Waals surface area (Å²) in [6.07, 6.45) is 2.23. The number of nitrogens with one attached hydrogen (secondary N) is 1. The fourth-order valence-electron chi connectivity index (χ4n) is 2.02. The first-order valence-electron chi connectivity index (χ1n) is 5.74. The van der Waals surface area contributed by atoms with Crippen molar-refractivity contribution in [3.05, 3.63) is 34.3 Å². The summed E-state index contributed by atoms with van der Waals surface area (Å²) in [6.45, 7) is 0.400. The van der Waals surface area contributed by atoms with Crippen LogP contribution in [-0.2, 0) is 11.3 Å². The van der Waals surface area contributed by atoms with E-state index < -0.39 is 11.5 Å². The Morgan fingerprint density at radius 2 is 2.28 bits per heavy atom. The average molecular weight is 265 g/mol. The molecule has 94 valence electrons. The van der Waals surface area contributed by atoms with E-state index in [0.717, 1.165) is 12.0 Å². The van der Waals surface area contributed by atoms with E-state index in [0.29, 0.717) is 30.0 Å². The second-order valence-corrected chi connectivity index (χ2v) is 4.92. The Hall–Kier alpha value is -1.57. The number of hydrogen-bond donors (Lipinski definition) is 2. The van der Waals surface area contributed by atoms with Crippen LogP contribution in [0.2, 0.25) is 5.02 Å². The monoisotopic (exact) mass is 264 g/mol. The summed E-state index contributed by atoms with van der Waals surface area (Å²) in [5.41, 5.74) is 0.514. The summed E-state index contributed by atoms with van der Waals surface area (Å²) < 4.78 is 0. The molecule has 0 heterocycles. The lowest BCUT2D eigenvalue weighted by Gasteiger charge is -2.38. The third-order valence-corrected chi connectivity index (χ3v) is 3.77. The molecule has 1 fully saturated rings. The van der Waals surface area contributed by atoms with Crippen molar-refractivity contribution in [3.63, 3.8) is 0 Å². The standard InChI is InChI=1S/C13H13ClN2O2/c14-11-6-9(7-15)2-3-10(11)8-16-13(12(17)18)4-1-5-13/h2-3,6,16H,1,4-5,8H2,(H,17,18). The molecular formula is C13H13ClN2O2. The van der Waals surface area contributed by atoms with Crippen molar-refractivity contribution < 1.29 is 9.90 Å². The Labute approximate surface area is 110 Å². The summed E-state index contributed by atoms with van der Waals surface area (Å²) in [5.74, 6) is -0.807. The summed E-state index contributed by atoms with van der Waals surface area (Å²) >= 11 is 6.04. The first kappa shape index (κ1) is 12.9. The topological polar surface area (TPSA) is 73.1 Å². The van der Waals surface area contributed by atoms with Crippen LogP contribution >= 0.6 is 11.6 Å². The fraction of sp³-hybridized carbons (Fsp3) is 0.385. The predicted octanol–water partition coefficient (Wildman–Crippen LogP) is 2.31. The van der Waals surface area contributed by atoms with Gasteiger partial charge >= 0.3 is 5.97 Å². The van der Waals surface area contributed by atoms with Crippen LogP contribution in [0.3, 0.4) is 0 Å². The summed E-state index contributed by atoms with van der Waals surface area (Å²) in [5, 5.41) is 21.5. The fourth-order valence-corrected chi connectivity index (χ4v) is 2.27. The maximum absolute atomic E-state index is 11.2. The van der Waals surface area contributed by atoms with Crippen molar-refractivity contribution in [2.45, 2.75) is 31.3 Å². The number of carboxylic acids is 1. The number of hydrogen-bond acceptors (Lipinski definition) is 3. The van der Waals surface area contributed by atoms with Crippen LogP contribution in [-0.4, -0.2) is 16.6 Å². The zero-order chi connectivity index (χ0) is 13.2. The molecule has 2 rings (SSSR count). The molecule has 0 unspecified atom stereocenters. The van der Waals surface area contributed by atoms with Crippen LogP contribution in [0.15, 0.2) is 18.2 Å². The Bertz CT molecular complexity index is 518. The highest BCUT2D eigenvalue weighted by Crippen LogP contribution is 2.32. The molecule has 0 aromatic heterocycles. The summed E-state index contributed by atoms with van der Waals surface area (Å²) in [6, 6.07) is 7.03. The maximum Gasteiger partial charge on any atom is 0.323 e. The molecule has 0 saturated heterocycles. The largest absolute Gasteiger partial charge is 0.480 e. The minimum absolute atomic E-state index is 0.400. The van der Waals surface area contributed by atoms with Gasteiger partial charge in [-0.15, -0.1) is 0 Å². The molecule has 0 amide bonds. The van der Waals surface area contributed by atoms with E-state index in [2.05, 4.69) is 5.32 Å². The second-order valence-electron chi connectivity index (χ2n) is 4.51. The van der Waals surface area contributed by atoms with E-state index in [4.69, 9.17) is 16.9 Å². The third-order valence-electron chi connectivity index (χ3n) is 3.42. The molecule has 2 N–H and O–H groups in total. The Morgan fingerprint density at radius 3 is 2.72 bits per heavy atom. The number of carbonyl (C=O) groups is 1. The van der Waals surface area contributed by atoms with Crippen LogP contribution in [0.25, 0.3) is 0 Å². The molecule has 1 aromatic carbocycles. The number of aliphatic carboxylic acids is 1. The molecule has 0 radical (unpaired) electrons. The Balaban J connectivity index is 2.07. The summed E-state index contributed by atoms with van der Waals surface area (Å²) in [7, 11) is 0. The predicted molar refractivity (Wildman–Crippen MR) is 67.2 cm³/mol. The van der Waals surface area contributed by atoms with Gasteiger partial charge in [0.05, 0.1) is 11.6 Å². The second kappa shape index (κ2) is 4.97. The molecule has 0 atom stereocenters. The lowest BCUT2D eigenvalue weighted by molar-refractivity contribution is -0.148. The molecule has 0 bridgehead atoms. The van der Waals surface area contributed by atoms with Crippen molar-refractivity contribution >= 4 is 17.6 Å². The molecule has 5 heteroatoms. The minimum atomic E-state index is -0.807. The molecule has 4 nitrogen and oxygen atoms in total. The van der Waals surface area contributed by atoms with E-state index in [1.54, 1.807) is 18.2 Å². The van der Waals surface area contributed by atoms with Gasteiger partial charge in [0.25, 0.3) is 0 Å². The number of rotatable bonds is 4. The Morgan fingerprint density at radius 1 is 1.56 bits per heavy atom. The van der Waals surface area contributed by atoms with Gasteiger partial charge in [0.1, 0.15) is 5.54 Å². The van der Waals surface area contributed by atoms with E-state index in [-0.39, 0.29) is 0 Å². The molecule has 1 aliphatic carbocycles. The van der Waals surface area contributed by atoms with Crippen LogP contribution in [0.5, 0.6) is 0 Å². The van der Waals surface area contributed by atoms with Gasteiger partial charge < -0.3 is 5.11 Å². The average Bonchev–Trinajstić information content (AvgIpc) is 2.28. The van der Waals surface area contributed by atoms with Crippen LogP contribution in [0.4, 0.5) is 0 Å². The van der Waals surface area contributed by atoms with Gasteiger partial charge in [-0.05, 0) is 37.0 Å². The van der Waals surface area contributed by atoms with Gasteiger partial charge in [0.2, 0.25) is 0 Å². The molecule has 1 saturated carbocycles. The maximum atomic E-state index is 11.2. The molecular weight excluding hydrogens is 252 g/mol. The van der Waals surface area contributed by atoms with Crippen LogP contribution in [0, 0.1) is 11.3 Å². The van der Waals surface area contributed by atoms with Gasteiger partial charge in [0.15, 0.2) is 0 Å². The van der Waals surface area contributed by atoms with Crippen molar-refractivity contribution in [2.75, 3.05) is 0 Å². The van der Waals surface area contributed by atoms with Gasteiger partial charge in [0, 0.05) is 11.6 Å². The first-order valence-corrected chi connectivity index (χ1v) is 6.12. The van der Waals surface area contributed by atoms with Crippen molar-refractivity contribution in [1.29, 1.82) is 5.26 Å². The van der Waals surface area contributed by atoms with Crippen LogP contribution < -0.4 is 5.32 Å². The number of nitrogens with zero attached hydrogens (tertiary/aromatic N) is 1. The van der Waals surface area contributed by atoms with Gasteiger partial charge in [-0.25, -0.2) is 0 Å². The lowest BCUT2D eigenvalue weighted by Crippen LogP contribution is -2.56. The van der Waals surface area contributed by atoms with E-state index >= 15 is 0 Å². The highest BCUT2D eigenvalue weighted by molar-refractivity contribution is 6.31.